The van der Waals surface area contributed by atoms with Gasteiger partial charge in [0, 0.05) is 33.1 Å². The fourth-order valence-electron chi connectivity index (χ4n) is 2.44. The average molecular weight is 270 g/mol. The number of ether oxygens (including phenoxy) is 1. The number of nitrogens with zero attached hydrogens (tertiary/aromatic N) is 2. The van der Waals surface area contributed by atoms with Crippen LogP contribution in [0.1, 0.15) is 34.6 Å². The van der Waals surface area contributed by atoms with Crippen LogP contribution in [0.2, 0.25) is 0 Å². The second-order valence-electron chi connectivity index (χ2n) is 5.83. The molecule has 19 heavy (non-hydrogen) atoms. The van der Waals surface area contributed by atoms with Gasteiger partial charge in [-0.05, 0) is 11.8 Å². The summed E-state index contributed by atoms with van der Waals surface area (Å²) in [4.78, 5) is 26.8. The van der Waals surface area contributed by atoms with Crippen LogP contribution < -0.4 is 0 Å². The second kappa shape index (κ2) is 6.78. The van der Waals surface area contributed by atoms with Gasteiger partial charge in [0.15, 0.2) is 0 Å². The van der Waals surface area contributed by atoms with Gasteiger partial charge in [0.2, 0.25) is 5.91 Å². The van der Waals surface area contributed by atoms with Gasteiger partial charge in [-0.1, -0.05) is 27.7 Å². The molecule has 1 aliphatic rings. The zero-order chi connectivity index (χ0) is 14.6. The molecule has 1 saturated heterocycles. The summed E-state index contributed by atoms with van der Waals surface area (Å²) < 4.78 is 5.59. The van der Waals surface area contributed by atoms with Gasteiger partial charge in [-0.15, -0.1) is 0 Å². The fraction of sp³-hybridized carbons (Fsp3) is 0.857. The van der Waals surface area contributed by atoms with Crippen LogP contribution in [0, 0.1) is 11.8 Å². The Morgan fingerprint density at radius 3 is 1.68 bits per heavy atom. The molecule has 1 rings (SSSR count). The molecule has 0 aromatic carbocycles. The molecule has 0 atom stereocenters. The topological polar surface area (TPSA) is 49.9 Å². The molecule has 110 valence electrons. The van der Waals surface area contributed by atoms with Crippen molar-refractivity contribution in [2.45, 2.75) is 40.7 Å². The lowest BCUT2D eigenvalue weighted by molar-refractivity contribution is -0.130. The first-order valence-electron chi connectivity index (χ1n) is 7.04. The third kappa shape index (κ3) is 4.40. The van der Waals surface area contributed by atoms with Crippen LogP contribution in [-0.2, 0) is 9.53 Å². The Kier molecular flexibility index (Phi) is 5.63. The molecule has 1 heterocycles. The number of amides is 2. The maximum Gasteiger partial charge on any atom is 0.410 e. The van der Waals surface area contributed by atoms with Crippen molar-refractivity contribution < 1.29 is 14.3 Å². The first-order valence-corrected chi connectivity index (χ1v) is 7.04. The number of hydrogen-bond acceptors (Lipinski definition) is 3. The summed E-state index contributed by atoms with van der Waals surface area (Å²) in [7, 11) is 0. The molecule has 0 aromatic heterocycles. The van der Waals surface area contributed by atoms with Crippen molar-refractivity contribution in [3.05, 3.63) is 0 Å². The highest BCUT2D eigenvalue weighted by atomic mass is 16.6. The van der Waals surface area contributed by atoms with E-state index in [1.54, 1.807) is 16.7 Å². The van der Waals surface area contributed by atoms with Crippen LogP contribution in [0.15, 0.2) is 0 Å². The lowest BCUT2D eigenvalue weighted by atomic mass is 9.96. The van der Waals surface area contributed by atoms with Crippen molar-refractivity contribution in [3.63, 3.8) is 0 Å². The summed E-state index contributed by atoms with van der Waals surface area (Å²) in [6.45, 7) is 12.1. The molecule has 0 aliphatic carbocycles. The maximum absolute atomic E-state index is 12.1. The predicted molar refractivity (Wildman–Crippen MR) is 73.8 cm³/mol. The highest BCUT2D eigenvalue weighted by Crippen LogP contribution is 2.18. The van der Waals surface area contributed by atoms with E-state index in [0.29, 0.717) is 38.0 Å². The number of hydrogen-bond donors (Lipinski definition) is 0. The fourth-order valence-corrected chi connectivity index (χ4v) is 2.44. The van der Waals surface area contributed by atoms with Crippen LogP contribution in [-0.4, -0.2) is 54.1 Å². The lowest BCUT2D eigenvalue weighted by Gasteiger charge is -2.35. The van der Waals surface area contributed by atoms with Crippen LogP contribution in [0.5, 0.6) is 0 Å². The van der Waals surface area contributed by atoms with E-state index in [2.05, 4.69) is 27.7 Å². The number of carbonyl (C=O) groups excluding carboxylic acids is 2. The standard InChI is InChI=1S/C14H26N2O3/c1-10(2)13(11(3)4)19-14(18)16-8-6-15(7-9-16)12(5)17/h10-11,13H,6-9H2,1-5H3. The Bertz CT molecular complexity index is 313. The minimum absolute atomic E-state index is 0.0571. The van der Waals surface area contributed by atoms with Crippen molar-refractivity contribution in [1.82, 2.24) is 9.80 Å². The summed E-state index contributed by atoms with van der Waals surface area (Å²) in [6, 6.07) is 0. The summed E-state index contributed by atoms with van der Waals surface area (Å²) in [5.41, 5.74) is 0. The van der Waals surface area contributed by atoms with E-state index in [4.69, 9.17) is 4.74 Å². The molecule has 0 spiro atoms. The molecule has 1 fully saturated rings. The molecule has 1 aliphatic heterocycles. The minimum atomic E-state index is -0.254. The molecule has 2 amide bonds. The van der Waals surface area contributed by atoms with Gasteiger partial charge in [-0.2, -0.15) is 0 Å². The van der Waals surface area contributed by atoms with E-state index in [9.17, 15) is 9.59 Å². The molecule has 5 heteroatoms. The largest absolute Gasteiger partial charge is 0.446 e. The van der Waals surface area contributed by atoms with Gasteiger partial charge >= 0.3 is 6.09 Å². The van der Waals surface area contributed by atoms with Crippen LogP contribution in [0.25, 0.3) is 0 Å². The zero-order valence-electron chi connectivity index (χ0n) is 12.7. The van der Waals surface area contributed by atoms with Crippen molar-refractivity contribution in [3.8, 4) is 0 Å². The maximum atomic E-state index is 12.1. The van der Waals surface area contributed by atoms with Gasteiger partial charge in [0.25, 0.3) is 0 Å². The van der Waals surface area contributed by atoms with E-state index in [-0.39, 0.29) is 18.1 Å². The first kappa shape index (κ1) is 15.8. The predicted octanol–water partition coefficient (Wildman–Crippen LogP) is 1.97. The van der Waals surface area contributed by atoms with Crippen LogP contribution >= 0.6 is 0 Å². The highest BCUT2D eigenvalue weighted by molar-refractivity contribution is 5.74. The van der Waals surface area contributed by atoms with Crippen molar-refractivity contribution >= 4 is 12.0 Å². The Balaban J connectivity index is 2.49. The number of piperazine rings is 1. The quantitative estimate of drug-likeness (QED) is 0.788. The van der Waals surface area contributed by atoms with Gasteiger partial charge < -0.3 is 14.5 Å². The Morgan fingerprint density at radius 1 is 0.895 bits per heavy atom. The minimum Gasteiger partial charge on any atom is -0.446 e. The van der Waals surface area contributed by atoms with Gasteiger partial charge in [-0.3, -0.25) is 4.79 Å². The van der Waals surface area contributed by atoms with Crippen LogP contribution in [0.4, 0.5) is 4.79 Å². The van der Waals surface area contributed by atoms with E-state index >= 15 is 0 Å². The Labute approximate surface area is 115 Å². The summed E-state index contributed by atoms with van der Waals surface area (Å²) in [5, 5.41) is 0. The highest BCUT2D eigenvalue weighted by Gasteiger charge is 2.27. The molecule has 0 aromatic rings. The molecule has 0 saturated carbocycles. The molecule has 0 unspecified atom stereocenters. The molecular weight excluding hydrogens is 244 g/mol. The normalized spacial score (nSPS) is 16.4. The van der Waals surface area contributed by atoms with E-state index in [1.807, 2.05) is 0 Å². The van der Waals surface area contributed by atoms with Crippen LogP contribution in [0.3, 0.4) is 0 Å². The van der Waals surface area contributed by atoms with Gasteiger partial charge in [-0.25, -0.2) is 4.79 Å². The first-order chi connectivity index (χ1) is 8.82. The van der Waals surface area contributed by atoms with Gasteiger partial charge in [0.1, 0.15) is 6.10 Å². The third-order valence-electron chi connectivity index (χ3n) is 3.53. The molecular formula is C14H26N2O3. The third-order valence-corrected chi connectivity index (χ3v) is 3.53. The molecule has 0 bridgehead atoms. The van der Waals surface area contributed by atoms with Crippen molar-refractivity contribution in [2.75, 3.05) is 26.2 Å². The molecule has 5 nitrogen and oxygen atoms in total. The second-order valence-corrected chi connectivity index (χ2v) is 5.83. The van der Waals surface area contributed by atoms with Crippen molar-refractivity contribution in [2.24, 2.45) is 11.8 Å². The monoisotopic (exact) mass is 270 g/mol. The molecule has 0 N–H and O–H groups in total. The molecule has 0 radical (unpaired) electrons. The van der Waals surface area contributed by atoms with E-state index in [1.165, 1.54) is 0 Å². The number of rotatable bonds is 3. The smallest absolute Gasteiger partial charge is 0.410 e. The number of carbonyl (C=O) groups is 2. The SMILES string of the molecule is CC(=O)N1CCN(C(=O)OC(C(C)C)C(C)C)CC1. The average Bonchev–Trinajstić information content (AvgIpc) is 2.34. The van der Waals surface area contributed by atoms with Crippen molar-refractivity contribution in [1.29, 1.82) is 0 Å². The van der Waals surface area contributed by atoms with E-state index < -0.39 is 0 Å². The summed E-state index contributed by atoms with van der Waals surface area (Å²) in [6.07, 6.45) is -0.311. The lowest BCUT2D eigenvalue weighted by Crippen LogP contribution is -2.51. The summed E-state index contributed by atoms with van der Waals surface area (Å²) >= 11 is 0. The zero-order valence-corrected chi connectivity index (χ0v) is 12.7. The van der Waals surface area contributed by atoms with Gasteiger partial charge in [0.05, 0.1) is 0 Å². The van der Waals surface area contributed by atoms with E-state index in [0.717, 1.165) is 0 Å². The summed E-state index contributed by atoms with van der Waals surface area (Å²) in [5.74, 6) is 0.681. The Hall–Kier alpha value is -1.26. The Morgan fingerprint density at radius 2 is 1.32 bits per heavy atom.